The fourth-order valence-corrected chi connectivity index (χ4v) is 1.37. The van der Waals surface area contributed by atoms with Crippen molar-refractivity contribution in [1.82, 2.24) is 0 Å². The van der Waals surface area contributed by atoms with E-state index in [1.165, 1.54) is 0 Å². The van der Waals surface area contributed by atoms with Gasteiger partial charge in [-0.15, -0.1) is 0 Å². The minimum atomic E-state index is -0.368. The lowest BCUT2D eigenvalue weighted by molar-refractivity contribution is -0.167. The van der Waals surface area contributed by atoms with Gasteiger partial charge in [-0.05, 0) is 12.8 Å². The molecule has 1 saturated heterocycles. The predicted molar refractivity (Wildman–Crippen MR) is 43.3 cm³/mol. The number of carbonyl (C=O) groups excluding carboxylic acids is 2. The third-order valence-corrected chi connectivity index (χ3v) is 2.15. The fourth-order valence-electron chi connectivity index (χ4n) is 1.37. The first-order valence-electron chi connectivity index (χ1n) is 4.48. The molecular formula is C9H14O3. The average Bonchev–Trinajstić information content (AvgIpc) is 2.03. The van der Waals surface area contributed by atoms with Crippen LogP contribution in [0.15, 0.2) is 0 Å². The van der Waals surface area contributed by atoms with E-state index >= 15 is 0 Å². The average molecular weight is 170 g/mol. The molecule has 1 fully saturated rings. The highest BCUT2D eigenvalue weighted by atomic mass is 16.6. The molecule has 0 spiro atoms. The van der Waals surface area contributed by atoms with Gasteiger partial charge in [-0.25, -0.2) is 0 Å². The van der Waals surface area contributed by atoms with Crippen LogP contribution < -0.4 is 0 Å². The van der Waals surface area contributed by atoms with E-state index in [9.17, 15) is 9.59 Å². The first-order valence-corrected chi connectivity index (χ1v) is 4.48. The normalized spacial score (nSPS) is 23.9. The van der Waals surface area contributed by atoms with E-state index in [0.29, 0.717) is 12.8 Å². The molecule has 0 amide bonds. The highest BCUT2D eigenvalue weighted by Gasteiger charge is 2.27. The van der Waals surface area contributed by atoms with E-state index in [0.717, 1.165) is 19.3 Å². The molecule has 0 aliphatic carbocycles. The van der Waals surface area contributed by atoms with Crippen LogP contribution in [0.25, 0.3) is 0 Å². The van der Waals surface area contributed by atoms with Crippen molar-refractivity contribution in [3.63, 3.8) is 0 Å². The van der Waals surface area contributed by atoms with Gasteiger partial charge in [0.15, 0.2) is 0 Å². The molecule has 0 aromatic carbocycles. The maximum Gasteiger partial charge on any atom is 0.316 e. The van der Waals surface area contributed by atoms with Crippen LogP contribution in [0.1, 0.15) is 39.0 Å². The van der Waals surface area contributed by atoms with Crippen LogP contribution >= 0.6 is 0 Å². The first-order chi connectivity index (χ1) is 5.74. The molecule has 1 heterocycles. The number of esters is 2. The summed E-state index contributed by atoms with van der Waals surface area (Å²) in [4.78, 5) is 21.7. The van der Waals surface area contributed by atoms with Gasteiger partial charge in [-0.2, -0.15) is 0 Å². The van der Waals surface area contributed by atoms with Crippen molar-refractivity contribution in [3.8, 4) is 0 Å². The molecule has 68 valence electrons. The summed E-state index contributed by atoms with van der Waals surface area (Å²) in [7, 11) is 0. The molecule has 1 rings (SSSR count). The molecule has 0 aromatic heterocycles. The van der Waals surface area contributed by atoms with Crippen molar-refractivity contribution in [2.24, 2.45) is 5.92 Å². The Bertz CT molecular complexity index is 186. The highest BCUT2D eigenvalue weighted by molar-refractivity contribution is 5.89. The summed E-state index contributed by atoms with van der Waals surface area (Å²) < 4.78 is 4.52. The van der Waals surface area contributed by atoms with Gasteiger partial charge in [0.1, 0.15) is 0 Å². The SMILES string of the molecule is CCCCC1CCC(=O)OC1=O. The summed E-state index contributed by atoms with van der Waals surface area (Å²) in [5.41, 5.74) is 0. The summed E-state index contributed by atoms with van der Waals surface area (Å²) in [6, 6.07) is 0. The molecule has 0 N–H and O–H groups in total. The van der Waals surface area contributed by atoms with Crippen molar-refractivity contribution in [2.75, 3.05) is 0 Å². The van der Waals surface area contributed by atoms with Crippen molar-refractivity contribution < 1.29 is 14.3 Å². The van der Waals surface area contributed by atoms with E-state index < -0.39 is 0 Å². The Kier molecular flexibility index (Phi) is 3.26. The van der Waals surface area contributed by atoms with E-state index in [1.54, 1.807) is 0 Å². The van der Waals surface area contributed by atoms with Gasteiger partial charge in [-0.3, -0.25) is 9.59 Å². The number of cyclic esters (lactones) is 2. The number of unbranched alkanes of at least 4 members (excludes halogenated alkanes) is 1. The van der Waals surface area contributed by atoms with Crippen molar-refractivity contribution >= 4 is 11.9 Å². The number of carbonyl (C=O) groups is 2. The van der Waals surface area contributed by atoms with Crippen LogP contribution in [0.4, 0.5) is 0 Å². The van der Waals surface area contributed by atoms with Gasteiger partial charge in [0.25, 0.3) is 0 Å². The van der Waals surface area contributed by atoms with Gasteiger partial charge in [-0.1, -0.05) is 19.8 Å². The Labute approximate surface area is 72.1 Å². The third kappa shape index (κ3) is 2.32. The monoisotopic (exact) mass is 170 g/mol. The predicted octanol–water partition coefficient (Wildman–Crippen LogP) is 1.66. The van der Waals surface area contributed by atoms with Crippen molar-refractivity contribution in [2.45, 2.75) is 39.0 Å². The minimum absolute atomic E-state index is 0.0253. The number of hydrogen-bond acceptors (Lipinski definition) is 3. The molecule has 0 bridgehead atoms. The third-order valence-electron chi connectivity index (χ3n) is 2.15. The zero-order valence-electron chi connectivity index (χ0n) is 7.34. The van der Waals surface area contributed by atoms with Gasteiger partial charge in [0, 0.05) is 6.42 Å². The van der Waals surface area contributed by atoms with Gasteiger partial charge in [0.2, 0.25) is 0 Å². The van der Waals surface area contributed by atoms with Crippen LogP contribution in [0.5, 0.6) is 0 Å². The summed E-state index contributed by atoms with van der Waals surface area (Å²) in [6.07, 6.45) is 4.06. The Morgan fingerprint density at radius 3 is 2.83 bits per heavy atom. The van der Waals surface area contributed by atoms with Crippen LogP contribution in [0.2, 0.25) is 0 Å². The van der Waals surface area contributed by atoms with Gasteiger partial charge < -0.3 is 4.74 Å². The maximum atomic E-state index is 11.1. The first kappa shape index (κ1) is 9.23. The molecule has 3 nitrogen and oxygen atoms in total. The Morgan fingerprint density at radius 2 is 2.25 bits per heavy atom. The zero-order valence-corrected chi connectivity index (χ0v) is 7.34. The largest absolute Gasteiger partial charge is 0.393 e. The molecule has 1 aliphatic rings. The molecule has 0 saturated carbocycles. The molecule has 0 aromatic rings. The standard InChI is InChI=1S/C9H14O3/c1-2-3-4-7-5-6-8(10)12-9(7)11/h7H,2-6H2,1H3. The molecule has 12 heavy (non-hydrogen) atoms. The summed E-state index contributed by atoms with van der Waals surface area (Å²) >= 11 is 0. The number of rotatable bonds is 3. The topological polar surface area (TPSA) is 43.4 Å². The van der Waals surface area contributed by atoms with Crippen LogP contribution in [-0.4, -0.2) is 11.9 Å². The van der Waals surface area contributed by atoms with Crippen LogP contribution in [0, 0.1) is 5.92 Å². The molecule has 0 radical (unpaired) electrons. The van der Waals surface area contributed by atoms with E-state index in [4.69, 9.17) is 0 Å². The van der Waals surface area contributed by atoms with Crippen LogP contribution in [0.3, 0.4) is 0 Å². The number of ether oxygens (including phenoxy) is 1. The second-order valence-electron chi connectivity index (χ2n) is 3.17. The molecule has 3 heteroatoms. The Hall–Kier alpha value is -0.860. The lowest BCUT2D eigenvalue weighted by Crippen LogP contribution is -2.27. The van der Waals surface area contributed by atoms with Gasteiger partial charge >= 0.3 is 11.9 Å². The number of hydrogen-bond donors (Lipinski definition) is 0. The molecule has 1 atom stereocenters. The molecule has 1 unspecified atom stereocenters. The van der Waals surface area contributed by atoms with Crippen molar-refractivity contribution in [1.29, 1.82) is 0 Å². The summed E-state index contributed by atoms with van der Waals surface area (Å²) in [5.74, 6) is -0.713. The lowest BCUT2D eigenvalue weighted by atomic mass is 9.95. The van der Waals surface area contributed by atoms with E-state index in [1.807, 2.05) is 0 Å². The highest BCUT2D eigenvalue weighted by Crippen LogP contribution is 2.21. The molecular weight excluding hydrogens is 156 g/mol. The smallest absolute Gasteiger partial charge is 0.316 e. The lowest BCUT2D eigenvalue weighted by Gasteiger charge is -2.18. The Balaban J connectivity index is 2.35. The fraction of sp³-hybridized carbons (Fsp3) is 0.778. The second kappa shape index (κ2) is 4.24. The Morgan fingerprint density at radius 1 is 1.50 bits per heavy atom. The van der Waals surface area contributed by atoms with Crippen molar-refractivity contribution in [3.05, 3.63) is 0 Å². The quantitative estimate of drug-likeness (QED) is 0.478. The summed E-state index contributed by atoms with van der Waals surface area (Å²) in [6.45, 7) is 2.08. The summed E-state index contributed by atoms with van der Waals surface area (Å²) in [5, 5.41) is 0. The second-order valence-corrected chi connectivity index (χ2v) is 3.17. The maximum absolute atomic E-state index is 11.1. The zero-order chi connectivity index (χ0) is 8.97. The van der Waals surface area contributed by atoms with Gasteiger partial charge in [0.05, 0.1) is 5.92 Å². The van der Waals surface area contributed by atoms with E-state index in [2.05, 4.69) is 11.7 Å². The van der Waals surface area contributed by atoms with E-state index in [-0.39, 0.29) is 17.9 Å². The van der Waals surface area contributed by atoms with Crippen LogP contribution in [-0.2, 0) is 14.3 Å². The molecule has 1 aliphatic heterocycles. The minimum Gasteiger partial charge on any atom is -0.393 e.